The first-order chi connectivity index (χ1) is 14.1. The van der Waals surface area contributed by atoms with Gasteiger partial charge in [-0.05, 0) is 24.3 Å². The molecule has 0 aliphatic rings. The number of hydrogen-bond acceptors (Lipinski definition) is 5. The van der Waals surface area contributed by atoms with Gasteiger partial charge in [-0.3, -0.25) is 4.79 Å². The van der Waals surface area contributed by atoms with Gasteiger partial charge in [0.15, 0.2) is 17.2 Å². The third-order valence-corrected chi connectivity index (χ3v) is 4.82. The predicted octanol–water partition coefficient (Wildman–Crippen LogP) is 4.84. The largest absolute Gasteiger partial charge is 0.449 e. The molecular weight excluding hydrogens is 446 g/mol. The number of hydrogen-bond donors (Lipinski definition) is 1. The van der Waals surface area contributed by atoms with Crippen LogP contribution in [-0.4, -0.2) is 24.7 Å². The first-order valence-corrected chi connectivity index (χ1v) is 9.03. The molecule has 0 spiro atoms. The number of aryl methyl sites for hydroxylation is 1. The third-order valence-electron chi connectivity index (χ3n) is 4.08. The predicted molar refractivity (Wildman–Crippen MR) is 104 cm³/mol. The number of H-pyrrole nitrogens is 1. The molecule has 154 valence electrons. The molecule has 0 saturated heterocycles. The van der Waals surface area contributed by atoms with E-state index >= 15 is 0 Å². The highest BCUT2D eigenvalue weighted by Crippen LogP contribution is 2.37. The van der Waals surface area contributed by atoms with Crippen LogP contribution in [0.5, 0.6) is 11.5 Å². The lowest BCUT2D eigenvalue weighted by Gasteiger charge is -2.13. The van der Waals surface area contributed by atoms with Gasteiger partial charge in [0, 0.05) is 19.3 Å². The summed E-state index contributed by atoms with van der Waals surface area (Å²) in [5, 5.41) is 4.80. The minimum absolute atomic E-state index is 0.0456. The van der Waals surface area contributed by atoms with Crippen LogP contribution in [0, 0.1) is 0 Å². The number of aromatic amines is 1. The molecular formula is C18H10Cl2F3N5O2. The van der Waals surface area contributed by atoms with Gasteiger partial charge >= 0.3 is 6.18 Å². The number of alkyl halides is 3. The summed E-state index contributed by atoms with van der Waals surface area (Å²) in [5.41, 5.74) is -2.18. The molecule has 3 heterocycles. The fraction of sp³-hybridized carbons (Fsp3) is 0.111. The van der Waals surface area contributed by atoms with E-state index in [9.17, 15) is 18.0 Å². The molecule has 4 rings (SSSR count). The number of nitrogens with one attached hydrogen (secondary N) is 1. The minimum Gasteiger partial charge on any atom is -0.449 e. The van der Waals surface area contributed by atoms with E-state index in [1.807, 2.05) is 0 Å². The summed E-state index contributed by atoms with van der Waals surface area (Å²) >= 11 is 11.7. The highest BCUT2D eigenvalue weighted by molar-refractivity contribution is 6.42. The van der Waals surface area contributed by atoms with Crippen LogP contribution < -0.4 is 10.3 Å². The number of aromatic nitrogens is 5. The van der Waals surface area contributed by atoms with E-state index in [1.54, 1.807) is 19.2 Å². The number of rotatable bonds is 3. The van der Waals surface area contributed by atoms with Gasteiger partial charge in [-0.25, -0.2) is 14.6 Å². The monoisotopic (exact) mass is 455 g/mol. The van der Waals surface area contributed by atoms with Crippen molar-refractivity contribution in [1.82, 2.24) is 24.7 Å². The fourth-order valence-corrected chi connectivity index (χ4v) is 3.07. The number of benzene rings is 1. The molecule has 12 heteroatoms. The Morgan fingerprint density at radius 3 is 2.63 bits per heavy atom. The zero-order valence-electron chi connectivity index (χ0n) is 15.0. The van der Waals surface area contributed by atoms with Crippen LogP contribution in [0.25, 0.3) is 22.6 Å². The topological polar surface area (TPSA) is 85.7 Å². The molecule has 1 aromatic carbocycles. The molecule has 4 aromatic rings. The molecule has 3 aromatic heterocycles. The summed E-state index contributed by atoms with van der Waals surface area (Å²) in [6, 6.07) is 7.00. The van der Waals surface area contributed by atoms with E-state index in [1.165, 1.54) is 29.1 Å². The van der Waals surface area contributed by atoms with Gasteiger partial charge in [0.05, 0.1) is 15.4 Å². The number of pyridine rings is 1. The Labute approximate surface area is 176 Å². The Morgan fingerprint density at radius 1 is 1.17 bits per heavy atom. The Balaban J connectivity index is 1.89. The highest BCUT2D eigenvalue weighted by atomic mass is 35.5. The molecule has 7 nitrogen and oxygen atoms in total. The number of halogens is 5. The van der Waals surface area contributed by atoms with Gasteiger partial charge in [-0.15, -0.1) is 0 Å². The maximum Gasteiger partial charge on any atom is 0.437 e. The Morgan fingerprint density at radius 2 is 1.93 bits per heavy atom. The van der Waals surface area contributed by atoms with Crippen LogP contribution in [0.1, 0.15) is 5.69 Å². The summed E-state index contributed by atoms with van der Waals surface area (Å²) in [6.07, 6.45) is -3.46. The lowest BCUT2D eigenvalue weighted by Crippen LogP contribution is -2.21. The Kier molecular flexibility index (Phi) is 4.91. The zero-order valence-corrected chi connectivity index (χ0v) is 16.5. The number of fused-ring (bicyclic) bond motifs is 1. The van der Waals surface area contributed by atoms with Crippen molar-refractivity contribution < 1.29 is 17.9 Å². The lowest BCUT2D eigenvalue weighted by atomic mass is 10.2. The summed E-state index contributed by atoms with van der Waals surface area (Å²) in [5.74, 6) is -1.50. The van der Waals surface area contributed by atoms with Crippen molar-refractivity contribution in [1.29, 1.82) is 0 Å². The van der Waals surface area contributed by atoms with Crippen LogP contribution in [0.15, 0.2) is 41.3 Å². The van der Waals surface area contributed by atoms with Crippen LogP contribution >= 0.6 is 23.2 Å². The number of nitrogens with zero attached hydrogens (tertiary/aromatic N) is 4. The third kappa shape index (κ3) is 3.59. The van der Waals surface area contributed by atoms with Crippen molar-refractivity contribution in [3.05, 3.63) is 62.6 Å². The van der Waals surface area contributed by atoms with Crippen molar-refractivity contribution in [2.45, 2.75) is 6.18 Å². The smallest absolute Gasteiger partial charge is 0.437 e. The molecule has 0 atom stereocenters. The standard InChI is InChI=1S/C18H10Cl2F3N5O2/c1-28-16-9(3-2-6-24-16)12(27-28)15-25-14(18(21,22)23)13(17(29)26-15)30-8-4-5-10(19)11(20)7-8/h2-7H,1H3,(H,25,26,29). The normalized spacial score (nSPS) is 11.8. The maximum absolute atomic E-state index is 13.7. The van der Waals surface area contributed by atoms with Gasteiger partial charge < -0.3 is 9.72 Å². The molecule has 0 aliphatic heterocycles. The van der Waals surface area contributed by atoms with E-state index in [-0.39, 0.29) is 27.3 Å². The van der Waals surface area contributed by atoms with Gasteiger partial charge in [0.2, 0.25) is 5.75 Å². The first-order valence-electron chi connectivity index (χ1n) is 8.27. The van der Waals surface area contributed by atoms with Crippen molar-refractivity contribution in [3.63, 3.8) is 0 Å². The van der Waals surface area contributed by atoms with Gasteiger partial charge in [0.1, 0.15) is 11.4 Å². The molecule has 0 amide bonds. The van der Waals surface area contributed by atoms with Crippen molar-refractivity contribution in [2.75, 3.05) is 0 Å². The minimum atomic E-state index is -4.97. The van der Waals surface area contributed by atoms with E-state index in [4.69, 9.17) is 27.9 Å². The summed E-state index contributed by atoms with van der Waals surface area (Å²) in [6.45, 7) is 0. The molecule has 0 radical (unpaired) electrons. The second-order valence-electron chi connectivity index (χ2n) is 6.11. The van der Waals surface area contributed by atoms with Gasteiger partial charge in [0.25, 0.3) is 5.56 Å². The molecule has 0 unspecified atom stereocenters. The van der Waals surface area contributed by atoms with E-state index in [0.717, 1.165) is 0 Å². The zero-order chi connectivity index (χ0) is 21.6. The SMILES string of the molecule is Cn1nc(-c2nc(C(F)(F)F)c(Oc3ccc(Cl)c(Cl)c3)c(=O)[nH]2)c2cccnc21. The average molecular weight is 456 g/mol. The molecule has 30 heavy (non-hydrogen) atoms. The molecule has 0 saturated carbocycles. The fourth-order valence-electron chi connectivity index (χ4n) is 2.79. The first kappa shape index (κ1) is 20.2. The van der Waals surface area contributed by atoms with Crippen molar-refractivity contribution >= 4 is 34.2 Å². The highest BCUT2D eigenvalue weighted by Gasteiger charge is 2.39. The summed E-state index contributed by atoms with van der Waals surface area (Å²) in [7, 11) is 1.57. The Bertz CT molecular complexity index is 1330. The van der Waals surface area contributed by atoms with Crippen LogP contribution in [0.4, 0.5) is 13.2 Å². The average Bonchev–Trinajstić information content (AvgIpc) is 3.02. The maximum atomic E-state index is 13.7. The van der Waals surface area contributed by atoms with E-state index < -0.39 is 23.2 Å². The molecule has 0 aliphatic carbocycles. The quantitative estimate of drug-likeness (QED) is 0.477. The number of ether oxygens (including phenoxy) is 1. The van der Waals surface area contributed by atoms with Gasteiger partial charge in [-0.1, -0.05) is 23.2 Å². The van der Waals surface area contributed by atoms with E-state index in [2.05, 4.69) is 20.1 Å². The second kappa shape index (κ2) is 7.29. The van der Waals surface area contributed by atoms with Crippen molar-refractivity contribution in [2.24, 2.45) is 7.05 Å². The lowest BCUT2D eigenvalue weighted by molar-refractivity contribution is -0.142. The molecule has 1 N–H and O–H groups in total. The van der Waals surface area contributed by atoms with Crippen molar-refractivity contribution in [3.8, 4) is 23.0 Å². The molecule has 0 fully saturated rings. The molecule has 0 bridgehead atoms. The van der Waals surface area contributed by atoms with Crippen LogP contribution in [-0.2, 0) is 13.2 Å². The summed E-state index contributed by atoms with van der Waals surface area (Å²) < 4.78 is 47.7. The van der Waals surface area contributed by atoms with Crippen LogP contribution in [0.2, 0.25) is 10.0 Å². The second-order valence-corrected chi connectivity index (χ2v) is 6.93. The summed E-state index contributed by atoms with van der Waals surface area (Å²) in [4.78, 5) is 22.6. The van der Waals surface area contributed by atoms with E-state index in [0.29, 0.717) is 11.0 Å². The van der Waals surface area contributed by atoms with Gasteiger partial charge in [-0.2, -0.15) is 18.3 Å². The van der Waals surface area contributed by atoms with Crippen LogP contribution in [0.3, 0.4) is 0 Å². The Hall–Kier alpha value is -3.11.